The van der Waals surface area contributed by atoms with Crippen LogP contribution in [0.1, 0.15) is 33.1 Å². The number of halogens is 1. The topological polar surface area (TPSA) is 131 Å². The second-order valence-corrected chi connectivity index (χ2v) is 9.95. The summed E-state index contributed by atoms with van der Waals surface area (Å²) < 4.78 is 8.33. The molecule has 0 radical (unpaired) electrons. The van der Waals surface area contributed by atoms with Crippen LogP contribution >= 0.6 is 22.9 Å². The molecule has 5 rings (SSSR count). The molecular weight excluding hydrogens is 526 g/mol. The average molecular weight is 546 g/mol. The molecule has 0 spiro atoms. The molecule has 0 unspecified atom stereocenters. The van der Waals surface area contributed by atoms with Gasteiger partial charge in [-0.05, 0) is 45.0 Å². The van der Waals surface area contributed by atoms with Crippen LogP contribution in [0.4, 0.5) is 0 Å². The fourth-order valence-electron chi connectivity index (χ4n) is 4.39. The number of nitriles is 1. The molecule has 0 atom stereocenters. The molecule has 0 saturated heterocycles. The monoisotopic (exact) mass is 545 g/mol. The molecule has 0 aliphatic rings. The first-order valence-electron chi connectivity index (χ1n) is 11.5. The highest BCUT2D eigenvalue weighted by Gasteiger charge is 2.19. The molecule has 38 heavy (non-hydrogen) atoms. The molecule has 0 aliphatic heterocycles. The quantitative estimate of drug-likeness (QED) is 0.304. The van der Waals surface area contributed by atoms with Gasteiger partial charge in [0.1, 0.15) is 24.3 Å². The maximum atomic E-state index is 13.3. The number of aromatic carboxylic acids is 1. The van der Waals surface area contributed by atoms with Crippen molar-refractivity contribution in [2.24, 2.45) is 0 Å². The minimum Gasteiger partial charge on any atom is -0.491 e. The number of hydrogen-bond acceptors (Lipinski definition) is 8. The molecule has 190 valence electrons. The molecule has 1 aromatic carbocycles. The Bertz CT molecular complexity index is 1870. The lowest BCUT2D eigenvalue weighted by Gasteiger charge is -2.15. The normalized spacial score (nSPS) is 11.1. The summed E-state index contributed by atoms with van der Waals surface area (Å²) in [7, 11) is 0. The van der Waals surface area contributed by atoms with Gasteiger partial charge < -0.3 is 9.84 Å². The minimum absolute atomic E-state index is 0.131. The van der Waals surface area contributed by atoms with E-state index in [0.717, 1.165) is 5.56 Å². The Balaban J connectivity index is 1.52. The Hall–Kier alpha value is -4.33. The number of pyridine rings is 2. The summed E-state index contributed by atoms with van der Waals surface area (Å²) in [6.07, 6.45) is 1.50. The number of ether oxygens (including phenoxy) is 1. The van der Waals surface area contributed by atoms with Gasteiger partial charge in [0.05, 0.1) is 50.7 Å². The number of aromatic nitrogens is 4. The Labute approximate surface area is 225 Å². The molecule has 0 saturated carbocycles. The lowest BCUT2D eigenvalue weighted by Crippen LogP contribution is -2.27. The van der Waals surface area contributed by atoms with E-state index in [0.29, 0.717) is 49.3 Å². The SMILES string of the molecule is Cc1cc(-c2cc(Cl)ccc2OCCn2c(C)nc3cnc(C)c(C#N)c3c2=O)c2scc(C(=O)O)c2n1. The van der Waals surface area contributed by atoms with E-state index in [9.17, 15) is 20.0 Å². The summed E-state index contributed by atoms with van der Waals surface area (Å²) in [5.74, 6) is -0.0507. The van der Waals surface area contributed by atoms with E-state index in [1.54, 1.807) is 44.4 Å². The number of carbonyl (C=O) groups is 1. The van der Waals surface area contributed by atoms with Gasteiger partial charge in [-0.1, -0.05) is 11.6 Å². The van der Waals surface area contributed by atoms with E-state index in [1.165, 1.54) is 22.1 Å². The average Bonchev–Trinajstić information content (AvgIpc) is 3.30. The fraction of sp³-hybridized carbons (Fsp3) is 0.185. The van der Waals surface area contributed by atoms with Crippen LogP contribution in [-0.4, -0.2) is 37.2 Å². The Morgan fingerprint density at radius 3 is 2.74 bits per heavy atom. The number of fused-ring (bicyclic) bond motifs is 2. The zero-order chi connectivity index (χ0) is 27.1. The fourth-order valence-corrected chi connectivity index (χ4v) is 5.57. The molecule has 0 amide bonds. The second-order valence-electron chi connectivity index (χ2n) is 8.64. The van der Waals surface area contributed by atoms with Crippen molar-refractivity contribution in [2.75, 3.05) is 6.61 Å². The van der Waals surface area contributed by atoms with E-state index in [-0.39, 0.29) is 35.2 Å². The summed E-state index contributed by atoms with van der Waals surface area (Å²) >= 11 is 7.62. The first-order chi connectivity index (χ1) is 18.2. The first-order valence-corrected chi connectivity index (χ1v) is 12.8. The van der Waals surface area contributed by atoms with Crippen molar-refractivity contribution >= 4 is 50.0 Å². The van der Waals surface area contributed by atoms with E-state index in [1.807, 2.05) is 6.07 Å². The lowest BCUT2D eigenvalue weighted by atomic mass is 10.0. The van der Waals surface area contributed by atoms with Crippen molar-refractivity contribution in [1.82, 2.24) is 19.5 Å². The van der Waals surface area contributed by atoms with Crippen LogP contribution in [-0.2, 0) is 6.54 Å². The second kappa shape index (κ2) is 9.85. The van der Waals surface area contributed by atoms with Gasteiger partial charge in [0, 0.05) is 27.2 Å². The molecular formula is C27H20ClN5O4S. The Kier molecular flexibility index (Phi) is 6.57. The number of aryl methyl sites for hydroxylation is 3. The largest absolute Gasteiger partial charge is 0.491 e. The van der Waals surface area contributed by atoms with Crippen molar-refractivity contribution in [3.63, 3.8) is 0 Å². The molecule has 4 heterocycles. The maximum absolute atomic E-state index is 13.3. The van der Waals surface area contributed by atoms with Gasteiger partial charge >= 0.3 is 5.97 Å². The van der Waals surface area contributed by atoms with Crippen molar-refractivity contribution in [3.05, 3.63) is 79.6 Å². The highest BCUT2D eigenvalue weighted by atomic mass is 35.5. The van der Waals surface area contributed by atoms with Gasteiger partial charge in [-0.25, -0.2) is 9.78 Å². The Morgan fingerprint density at radius 2 is 2.00 bits per heavy atom. The Morgan fingerprint density at radius 1 is 1.21 bits per heavy atom. The van der Waals surface area contributed by atoms with Crippen molar-refractivity contribution in [3.8, 4) is 22.9 Å². The standard InChI is InChI=1S/C27H20ClN5O4S/c1-13-8-18(25-24(31-13)20(12-38-25)27(35)36)17-9-16(28)4-5-22(17)37-7-6-33-15(3)32-21-11-30-14(2)19(10-29)23(21)26(33)34/h4-5,8-9,11-12H,6-7H2,1-3H3,(H,35,36). The number of carboxylic acids is 1. The highest BCUT2D eigenvalue weighted by Crippen LogP contribution is 2.40. The van der Waals surface area contributed by atoms with Gasteiger partial charge in [-0.3, -0.25) is 19.3 Å². The van der Waals surface area contributed by atoms with Crippen LogP contribution < -0.4 is 10.3 Å². The van der Waals surface area contributed by atoms with E-state index in [4.69, 9.17) is 16.3 Å². The zero-order valence-electron chi connectivity index (χ0n) is 20.6. The number of thiophene rings is 1. The highest BCUT2D eigenvalue weighted by molar-refractivity contribution is 7.18. The number of hydrogen-bond donors (Lipinski definition) is 1. The van der Waals surface area contributed by atoms with Crippen LogP contribution in [0.3, 0.4) is 0 Å². The van der Waals surface area contributed by atoms with Gasteiger partial charge in [0.25, 0.3) is 5.56 Å². The predicted molar refractivity (Wildman–Crippen MR) is 145 cm³/mol. The molecule has 9 nitrogen and oxygen atoms in total. The van der Waals surface area contributed by atoms with Gasteiger partial charge in [-0.2, -0.15) is 5.26 Å². The third-order valence-electron chi connectivity index (χ3n) is 6.18. The van der Waals surface area contributed by atoms with Crippen LogP contribution in [0.5, 0.6) is 5.75 Å². The van der Waals surface area contributed by atoms with Gasteiger partial charge in [0.2, 0.25) is 0 Å². The number of carboxylic acid groups (broad SMARTS) is 1. The van der Waals surface area contributed by atoms with E-state index in [2.05, 4.69) is 21.0 Å². The van der Waals surface area contributed by atoms with Crippen LogP contribution in [0.2, 0.25) is 5.02 Å². The summed E-state index contributed by atoms with van der Waals surface area (Å²) in [6.45, 7) is 5.51. The predicted octanol–water partition coefficient (Wildman–Crippen LogP) is 5.30. The van der Waals surface area contributed by atoms with Crippen LogP contribution in [0.15, 0.2) is 40.6 Å². The van der Waals surface area contributed by atoms with Crippen molar-refractivity contribution in [2.45, 2.75) is 27.3 Å². The van der Waals surface area contributed by atoms with Gasteiger partial charge in [-0.15, -0.1) is 11.3 Å². The van der Waals surface area contributed by atoms with E-state index >= 15 is 0 Å². The zero-order valence-corrected chi connectivity index (χ0v) is 22.1. The van der Waals surface area contributed by atoms with Crippen molar-refractivity contribution < 1.29 is 14.6 Å². The summed E-state index contributed by atoms with van der Waals surface area (Å²) in [5, 5.41) is 21.4. The summed E-state index contributed by atoms with van der Waals surface area (Å²) in [4.78, 5) is 38.1. The molecule has 1 N–H and O–H groups in total. The molecule has 0 bridgehead atoms. The molecule has 0 fully saturated rings. The number of benzene rings is 1. The minimum atomic E-state index is -1.04. The molecule has 0 aliphatic carbocycles. The smallest absolute Gasteiger partial charge is 0.338 e. The van der Waals surface area contributed by atoms with E-state index < -0.39 is 5.97 Å². The summed E-state index contributed by atoms with van der Waals surface area (Å²) in [5.41, 5.74) is 3.36. The number of nitrogens with zero attached hydrogens (tertiary/aromatic N) is 5. The third-order valence-corrected chi connectivity index (χ3v) is 7.42. The van der Waals surface area contributed by atoms with Gasteiger partial charge in [0.15, 0.2) is 0 Å². The lowest BCUT2D eigenvalue weighted by molar-refractivity contribution is 0.0699. The molecule has 4 aromatic heterocycles. The third kappa shape index (κ3) is 4.36. The number of rotatable bonds is 6. The van der Waals surface area contributed by atoms with Crippen molar-refractivity contribution in [1.29, 1.82) is 5.26 Å². The maximum Gasteiger partial charge on any atom is 0.338 e. The molecule has 5 aromatic rings. The molecule has 11 heteroatoms. The van der Waals surface area contributed by atoms with Crippen LogP contribution in [0.25, 0.3) is 32.2 Å². The van der Waals surface area contributed by atoms with Crippen LogP contribution in [0, 0.1) is 32.1 Å². The first kappa shape index (κ1) is 25.3. The summed E-state index contributed by atoms with van der Waals surface area (Å²) in [6, 6.07) is 9.13.